The molecule has 0 aliphatic rings. The van der Waals surface area contributed by atoms with Gasteiger partial charge in [0.15, 0.2) is 0 Å². The standard InChI is InChI=1S/C18H32OS/c1-2-3-4-5-6-7-8-9-10-11-15-19-16-14-18-13-12-17-20-18/h12-13,17H,2-11,14-16H2,1H3. The first-order valence-electron chi connectivity index (χ1n) is 8.53. The summed E-state index contributed by atoms with van der Waals surface area (Å²) < 4.78 is 5.69. The van der Waals surface area contributed by atoms with E-state index < -0.39 is 0 Å². The minimum Gasteiger partial charge on any atom is -0.381 e. The van der Waals surface area contributed by atoms with E-state index in [4.69, 9.17) is 4.74 Å². The topological polar surface area (TPSA) is 9.23 Å². The molecular formula is C18H32OS. The number of rotatable bonds is 14. The second-order valence-corrected chi connectivity index (χ2v) is 6.66. The Morgan fingerprint density at radius 2 is 1.50 bits per heavy atom. The van der Waals surface area contributed by atoms with Crippen molar-refractivity contribution in [2.75, 3.05) is 13.2 Å². The average Bonchev–Trinajstić information content (AvgIpc) is 2.97. The molecule has 0 radical (unpaired) electrons. The minimum absolute atomic E-state index is 0.887. The van der Waals surface area contributed by atoms with Crippen molar-refractivity contribution in [2.24, 2.45) is 0 Å². The van der Waals surface area contributed by atoms with E-state index in [1.807, 2.05) is 11.3 Å². The van der Waals surface area contributed by atoms with Gasteiger partial charge in [0, 0.05) is 17.9 Å². The Kier molecular flexibility index (Phi) is 12.1. The molecule has 1 nitrogen and oxygen atoms in total. The second kappa shape index (κ2) is 13.6. The van der Waals surface area contributed by atoms with E-state index in [0.29, 0.717) is 0 Å². The number of hydrogen-bond acceptors (Lipinski definition) is 2. The van der Waals surface area contributed by atoms with E-state index in [2.05, 4.69) is 24.4 Å². The molecule has 0 atom stereocenters. The van der Waals surface area contributed by atoms with Crippen LogP contribution in [0.2, 0.25) is 0 Å². The highest BCUT2D eigenvalue weighted by atomic mass is 32.1. The number of thiophene rings is 1. The third kappa shape index (κ3) is 10.4. The lowest BCUT2D eigenvalue weighted by Crippen LogP contribution is -1.99. The molecule has 0 bridgehead atoms. The van der Waals surface area contributed by atoms with Crippen molar-refractivity contribution in [1.82, 2.24) is 0 Å². The monoisotopic (exact) mass is 296 g/mol. The first kappa shape index (κ1) is 17.7. The molecule has 1 aromatic rings. The SMILES string of the molecule is CCCCCCCCCCCCOCCc1cccs1. The highest BCUT2D eigenvalue weighted by Gasteiger charge is 1.95. The fourth-order valence-electron chi connectivity index (χ4n) is 2.42. The maximum Gasteiger partial charge on any atom is 0.0514 e. The zero-order valence-electron chi connectivity index (χ0n) is 13.2. The molecule has 20 heavy (non-hydrogen) atoms. The molecule has 0 aromatic carbocycles. The van der Waals surface area contributed by atoms with Crippen LogP contribution in [0.15, 0.2) is 17.5 Å². The van der Waals surface area contributed by atoms with Gasteiger partial charge in [-0.2, -0.15) is 0 Å². The lowest BCUT2D eigenvalue weighted by Gasteiger charge is -2.04. The van der Waals surface area contributed by atoms with Gasteiger partial charge >= 0.3 is 0 Å². The van der Waals surface area contributed by atoms with Crippen LogP contribution in [0.4, 0.5) is 0 Å². The molecule has 1 heterocycles. The Labute approximate surface area is 129 Å². The van der Waals surface area contributed by atoms with Gasteiger partial charge in [-0.05, 0) is 17.9 Å². The maximum absolute atomic E-state index is 5.69. The first-order valence-corrected chi connectivity index (χ1v) is 9.41. The smallest absolute Gasteiger partial charge is 0.0514 e. The molecule has 1 rings (SSSR count). The Morgan fingerprint density at radius 3 is 2.10 bits per heavy atom. The van der Waals surface area contributed by atoms with Crippen molar-refractivity contribution in [3.8, 4) is 0 Å². The normalized spacial score (nSPS) is 11.1. The summed E-state index contributed by atoms with van der Waals surface area (Å²) in [6, 6.07) is 4.30. The van der Waals surface area contributed by atoms with E-state index in [9.17, 15) is 0 Å². The lowest BCUT2D eigenvalue weighted by molar-refractivity contribution is 0.133. The summed E-state index contributed by atoms with van der Waals surface area (Å²) in [4.78, 5) is 1.44. The van der Waals surface area contributed by atoms with E-state index in [1.165, 1.54) is 69.1 Å². The van der Waals surface area contributed by atoms with Gasteiger partial charge in [-0.1, -0.05) is 70.8 Å². The van der Waals surface area contributed by atoms with Crippen LogP contribution in [0.1, 0.15) is 76.0 Å². The molecule has 0 unspecified atom stereocenters. The van der Waals surface area contributed by atoms with E-state index >= 15 is 0 Å². The number of unbranched alkanes of at least 4 members (excludes halogenated alkanes) is 9. The summed E-state index contributed by atoms with van der Waals surface area (Å²) in [5.74, 6) is 0. The minimum atomic E-state index is 0.887. The largest absolute Gasteiger partial charge is 0.381 e. The molecule has 0 N–H and O–H groups in total. The summed E-state index contributed by atoms with van der Waals surface area (Å²) in [6.07, 6.45) is 15.0. The van der Waals surface area contributed by atoms with Crippen molar-refractivity contribution in [3.05, 3.63) is 22.4 Å². The first-order chi connectivity index (χ1) is 9.93. The van der Waals surface area contributed by atoms with Crippen molar-refractivity contribution >= 4 is 11.3 Å². The third-order valence-electron chi connectivity index (χ3n) is 3.72. The van der Waals surface area contributed by atoms with Crippen LogP contribution in [0.5, 0.6) is 0 Å². The van der Waals surface area contributed by atoms with Crippen molar-refractivity contribution in [1.29, 1.82) is 0 Å². The highest BCUT2D eigenvalue weighted by molar-refractivity contribution is 7.09. The van der Waals surface area contributed by atoms with Gasteiger partial charge < -0.3 is 4.74 Å². The molecule has 0 saturated carbocycles. The molecular weight excluding hydrogens is 264 g/mol. The van der Waals surface area contributed by atoms with E-state index in [-0.39, 0.29) is 0 Å². The summed E-state index contributed by atoms with van der Waals surface area (Å²) >= 11 is 1.83. The third-order valence-corrected chi connectivity index (χ3v) is 4.65. The molecule has 0 saturated heterocycles. The molecule has 0 spiro atoms. The zero-order chi connectivity index (χ0) is 14.3. The van der Waals surface area contributed by atoms with Crippen LogP contribution in [-0.2, 0) is 11.2 Å². The molecule has 0 aliphatic carbocycles. The second-order valence-electron chi connectivity index (χ2n) is 5.62. The Hall–Kier alpha value is -0.340. The van der Waals surface area contributed by atoms with Crippen molar-refractivity contribution in [2.45, 2.75) is 77.6 Å². The van der Waals surface area contributed by atoms with E-state index in [1.54, 1.807) is 0 Å². The number of ether oxygens (including phenoxy) is 1. The Balaban J connectivity index is 1.70. The van der Waals surface area contributed by atoms with Crippen LogP contribution in [0, 0.1) is 0 Å². The molecule has 0 amide bonds. The molecule has 0 aliphatic heterocycles. The summed E-state index contributed by atoms with van der Waals surface area (Å²) in [7, 11) is 0. The van der Waals surface area contributed by atoms with Crippen LogP contribution < -0.4 is 0 Å². The Morgan fingerprint density at radius 1 is 0.850 bits per heavy atom. The van der Waals surface area contributed by atoms with Crippen molar-refractivity contribution < 1.29 is 4.74 Å². The van der Waals surface area contributed by atoms with Gasteiger partial charge in [-0.3, -0.25) is 0 Å². The van der Waals surface area contributed by atoms with Gasteiger partial charge in [0.1, 0.15) is 0 Å². The summed E-state index contributed by atoms with van der Waals surface area (Å²) in [6.45, 7) is 4.11. The quantitative estimate of drug-likeness (QED) is 0.370. The maximum atomic E-state index is 5.69. The van der Waals surface area contributed by atoms with E-state index in [0.717, 1.165) is 19.6 Å². The average molecular weight is 297 g/mol. The van der Waals surface area contributed by atoms with Gasteiger partial charge in [0.05, 0.1) is 6.61 Å². The zero-order valence-corrected chi connectivity index (χ0v) is 14.1. The Bertz CT molecular complexity index is 282. The van der Waals surface area contributed by atoms with Gasteiger partial charge in [-0.25, -0.2) is 0 Å². The van der Waals surface area contributed by atoms with Crippen LogP contribution in [0.3, 0.4) is 0 Å². The highest BCUT2D eigenvalue weighted by Crippen LogP contribution is 2.11. The van der Waals surface area contributed by atoms with Gasteiger partial charge in [0.25, 0.3) is 0 Å². The van der Waals surface area contributed by atoms with Gasteiger partial charge in [-0.15, -0.1) is 11.3 Å². The van der Waals surface area contributed by atoms with Crippen molar-refractivity contribution in [3.63, 3.8) is 0 Å². The molecule has 116 valence electrons. The molecule has 1 aromatic heterocycles. The molecule has 0 fully saturated rings. The predicted molar refractivity (Wildman–Crippen MR) is 90.7 cm³/mol. The fourth-order valence-corrected chi connectivity index (χ4v) is 3.11. The van der Waals surface area contributed by atoms with Crippen LogP contribution >= 0.6 is 11.3 Å². The van der Waals surface area contributed by atoms with Crippen LogP contribution in [-0.4, -0.2) is 13.2 Å². The predicted octanol–water partition coefficient (Wildman–Crippen LogP) is 6.23. The molecule has 2 heteroatoms. The fraction of sp³-hybridized carbons (Fsp3) is 0.778. The summed E-state index contributed by atoms with van der Waals surface area (Å²) in [5.41, 5.74) is 0. The van der Waals surface area contributed by atoms with Gasteiger partial charge in [0.2, 0.25) is 0 Å². The van der Waals surface area contributed by atoms with Crippen LogP contribution in [0.25, 0.3) is 0 Å². The summed E-state index contributed by atoms with van der Waals surface area (Å²) in [5, 5.41) is 2.14. The lowest BCUT2D eigenvalue weighted by atomic mass is 10.1. The number of hydrogen-bond donors (Lipinski definition) is 0.